The minimum Gasteiger partial charge on any atom is -0.330 e. The number of benzene rings is 2. The van der Waals surface area contributed by atoms with Crippen LogP contribution >= 0.6 is 11.6 Å². The SMILES string of the molecule is CCc1nc2cc(CCC(c3ccc(Cl)cc3)n3ccnc3)ccc2[nH]c1=O. The van der Waals surface area contributed by atoms with E-state index in [-0.39, 0.29) is 11.6 Å². The number of hydrogen-bond acceptors (Lipinski definition) is 3. The summed E-state index contributed by atoms with van der Waals surface area (Å²) in [4.78, 5) is 23.6. The van der Waals surface area contributed by atoms with E-state index in [1.165, 1.54) is 11.1 Å². The number of nitrogens with zero attached hydrogens (tertiary/aromatic N) is 3. The molecule has 0 radical (unpaired) electrons. The molecule has 0 aliphatic heterocycles. The molecule has 1 unspecified atom stereocenters. The molecule has 6 heteroatoms. The lowest BCUT2D eigenvalue weighted by Gasteiger charge is -2.19. The molecule has 2 aromatic heterocycles. The first-order valence-electron chi connectivity index (χ1n) is 9.39. The standard InChI is InChI=1S/C22H21ClN4O/c1-2-18-22(28)26-19-9-3-15(13-20(19)25-18)4-10-21(27-12-11-24-14-27)16-5-7-17(23)8-6-16/h3,5-9,11-14,21H,2,4,10H2,1H3,(H,26,28). The summed E-state index contributed by atoms with van der Waals surface area (Å²) < 4.78 is 2.12. The van der Waals surface area contributed by atoms with Crippen molar-refractivity contribution in [2.24, 2.45) is 0 Å². The Morgan fingerprint density at radius 2 is 2.00 bits per heavy atom. The van der Waals surface area contributed by atoms with Crippen LogP contribution in [0.3, 0.4) is 0 Å². The van der Waals surface area contributed by atoms with Gasteiger partial charge in [-0.1, -0.05) is 36.7 Å². The Morgan fingerprint density at radius 3 is 2.71 bits per heavy atom. The van der Waals surface area contributed by atoms with E-state index in [4.69, 9.17) is 11.6 Å². The smallest absolute Gasteiger partial charge is 0.270 e. The Labute approximate surface area is 168 Å². The van der Waals surface area contributed by atoms with Crippen LogP contribution < -0.4 is 5.56 Å². The molecule has 0 fully saturated rings. The van der Waals surface area contributed by atoms with Gasteiger partial charge in [0.05, 0.1) is 23.4 Å². The van der Waals surface area contributed by atoms with Crippen LogP contribution in [0.4, 0.5) is 0 Å². The molecule has 4 aromatic rings. The summed E-state index contributed by atoms with van der Waals surface area (Å²) in [5, 5.41) is 0.731. The highest BCUT2D eigenvalue weighted by atomic mass is 35.5. The summed E-state index contributed by atoms with van der Waals surface area (Å²) in [7, 11) is 0. The van der Waals surface area contributed by atoms with Gasteiger partial charge in [-0.15, -0.1) is 0 Å². The summed E-state index contributed by atoms with van der Waals surface area (Å²) in [5.41, 5.74) is 4.45. The quantitative estimate of drug-likeness (QED) is 0.523. The zero-order valence-corrected chi connectivity index (χ0v) is 16.4. The van der Waals surface area contributed by atoms with Crippen LogP contribution in [-0.2, 0) is 12.8 Å². The van der Waals surface area contributed by atoms with Crippen molar-refractivity contribution in [1.82, 2.24) is 19.5 Å². The zero-order valence-electron chi connectivity index (χ0n) is 15.6. The Bertz CT molecular complexity index is 1130. The zero-order chi connectivity index (χ0) is 19.5. The lowest BCUT2D eigenvalue weighted by Crippen LogP contribution is -2.14. The van der Waals surface area contributed by atoms with Crippen LogP contribution in [0, 0.1) is 0 Å². The number of rotatable bonds is 6. The molecule has 0 bridgehead atoms. The van der Waals surface area contributed by atoms with Gasteiger partial charge in [0.2, 0.25) is 0 Å². The van der Waals surface area contributed by atoms with Gasteiger partial charge < -0.3 is 9.55 Å². The number of aryl methyl sites for hydroxylation is 2. The third-order valence-electron chi connectivity index (χ3n) is 5.01. The fourth-order valence-electron chi connectivity index (χ4n) is 3.49. The largest absolute Gasteiger partial charge is 0.330 e. The lowest BCUT2D eigenvalue weighted by atomic mass is 9.98. The van der Waals surface area contributed by atoms with E-state index in [1.807, 2.05) is 37.6 Å². The Morgan fingerprint density at radius 1 is 1.18 bits per heavy atom. The molecule has 2 heterocycles. The second-order valence-electron chi connectivity index (χ2n) is 6.83. The van der Waals surface area contributed by atoms with Gasteiger partial charge in [-0.25, -0.2) is 9.97 Å². The molecule has 0 aliphatic rings. The first-order valence-corrected chi connectivity index (χ1v) is 9.76. The van der Waals surface area contributed by atoms with Gasteiger partial charge in [-0.05, 0) is 54.7 Å². The minimum atomic E-state index is -0.106. The maximum atomic E-state index is 11.9. The molecular formula is C22H21ClN4O. The average Bonchev–Trinajstić information content (AvgIpc) is 3.23. The van der Waals surface area contributed by atoms with E-state index >= 15 is 0 Å². The van der Waals surface area contributed by atoms with E-state index in [1.54, 1.807) is 6.20 Å². The molecule has 4 rings (SSSR count). The van der Waals surface area contributed by atoms with Crippen molar-refractivity contribution in [3.63, 3.8) is 0 Å². The average molecular weight is 393 g/mol. The van der Waals surface area contributed by atoms with E-state index in [0.29, 0.717) is 12.1 Å². The number of hydrogen-bond donors (Lipinski definition) is 1. The van der Waals surface area contributed by atoms with Crippen molar-refractivity contribution in [3.8, 4) is 0 Å². The molecule has 0 aliphatic carbocycles. The van der Waals surface area contributed by atoms with Crippen LogP contribution in [0.1, 0.15) is 36.2 Å². The monoisotopic (exact) mass is 392 g/mol. The number of imidazole rings is 1. The molecule has 0 saturated carbocycles. The van der Waals surface area contributed by atoms with Crippen molar-refractivity contribution in [1.29, 1.82) is 0 Å². The summed E-state index contributed by atoms with van der Waals surface area (Å²) in [5.74, 6) is 0. The number of nitrogens with one attached hydrogen (secondary N) is 1. The van der Waals surface area contributed by atoms with Gasteiger partial charge in [0, 0.05) is 17.4 Å². The maximum absolute atomic E-state index is 11.9. The van der Waals surface area contributed by atoms with E-state index < -0.39 is 0 Å². The fourth-order valence-corrected chi connectivity index (χ4v) is 3.62. The normalized spacial score (nSPS) is 12.4. The van der Waals surface area contributed by atoms with Crippen molar-refractivity contribution in [2.75, 3.05) is 0 Å². The highest BCUT2D eigenvalue weighted by Gasteiger charge is 2.14. The van der Waals surface area contributed by atoms with Crippen molar-refractivity contribution in [2.45, 2.75) is 32.2 Å². The maximum Gasteiger partial charge on any atom is 0.270 e. The molecule has 0 amide bonds. The number of aromatic amines is 1. The van der Waals surface area contributed by atoms with Crippen LogP contribution in [0.5, 0.6) is 0 Å². The van der Waals surface area contributed by atoms with Crippen LogP contribution in [0.2, 0.25) is 5.02 Å². The predicted octanol–water partition coefficient (Wildman–Crippen LogP) is 4.56. The van der Waals surface area contributed by atoms with Crippen LogP contribution in [0.25, 0.3) is 11.0 Å². The van der Waals surface area contributed by atoms with Crippen molar-refractivity contribution in [3.05, 3.63) is 93.4 Å². The minimum absolute atomic E-state index is 0.106. The van der Waals surface area contributed by atoms with Gasteiger partial charge in [0.25, 0.3) is 5.56 Å². The van der Waals surface area contributed by atoms with E-state index in [0.717, 1.165) is 28.9 Å². The Hall–Kier alpha value is -2.92. The second kappa shape index (κ2) is 7.98. The summed E-state index contributed by atoms with van der Waals surface area (Å²) in [6.45, 7) is 1.94. The van der Waals surface area contributed by atoms with Crippen molar-refractivity contribution < 1.29 is 0 Å². The highest BCUT2D eigenvalue weighted by Crippen LogP contribution is 2.26. The van der Waals surface area contributed by atoms with Crippen molar-refractivity contribution >= 4 is 22.6 Å². The van der Waals surface area contributed by atoms with Gasteiger partial charge in [0.15, 0.2) is 0 Å². The van der Waals surface area contributed by atoms with Gasteiger partial charge in [0.1, 0.15) is 5.69 Å². The van der Waals surface area contributed by atoms with E-state index in [2.05, 4.69) is 43.8 Å². The summed E-state index contributed by atoms with van der Waals surface area (Å²) in [6, 6.07) is 14.2. The molecule has 1 N–H and O–H groups in total. The summed E-state index contributed by atoms with van der Waals surface area (Å²) >= 11 is 6.05. The topological polar surface area (TPSA) is 63.6 Å². The highest BCUT2D eigenvalue weighted by molar-refractivity contribution is 6.30. The van der Waals surface area contributed by atoms with Gasteiger partial charge in [-0.2, -0.15) is 0 Å². The van der Waals surface area contributed by atoms with Crippen LogP contribution in [-0.4, -0.2) is 19.5 Å². The molecule has 5 nitrogen and oxygen atoms in total. The third-order valence-corrected chi connectivity index (χ3v) is 5.26. The molecule has 142 valence electrons. The van der Waals surface area contributed by atoms with Crippen LogP contribution in [0.15, 0.2) is 66.0 Å². The fraction of sp³-hybridized carbons (Fsp3) is 0.227. The molecular weight excluding hydrogens is 372 g/mol. The molecule has 28 heavy (non-hydrogen) atoms. The predicted molar refractivity (Wildman–Crippen MR) is 112 cm³/mol. The second-order valence-corrected chi connectivity index (χ2v) is 7.27. The number of aromatic nitrogens is 4. The molecule has 1 atom stereocenters. The lowest BCUT2D eigenvalue weighted by molar-refractivity contribution is 0.540. The molecule has 0 spiro atoms. The Kier molecular flexibility index (Phi) is 5.26. The summed E-state index contributed by atoms with van der Waals surface area (Å²) in [6.07, 6.45) is 8.04. The first-order chi connectivity index (χ1) is 13.6. The number of H-pyrrole nitrogens is 1. The van der Waals surface area contributed by atoms with E-state index in [9.17, 15) is 4.79 Å². The first kappa shape index (κ1) is 18.4. The third kappa shape index (κ3) is 3.85. The number of fused-ring (bicyclic) bond motifs is 1. The van der Waals surface area contributed by atoms with Gasteiger partial charge in [-0.3, -0.25) is 4.79 Å². The number of halogens is 1. The molecule has 0 saturated heterocycles. The van der Waals surface area contributed by atoms with Gasteiger partial charge >= 0.3 is 0 Å². The molecule has 2 aromatic carbocycles. The Balaban J connectivity index is 1.61.